The molecule has 1 amide bonds. The van der Waals surface area contributed by atoms with Gasteiger partial charge in [-0.15, -0.1) is 0 Å². The van der Waals surface area contributed by atoms with E-state index in [1.54, 1.807) is 18.2 Å². The van der Waals surface area contributed by atoms with Gasteiger partial charge in [-0.25, -0.2) is 4.39 Å². The molecule has 0 radical (unpaired) electrons. The van der Waals surface area contributed by atoms with Crippen LogP contribution >= 0.6 is 0 Å². The number of halogens is 1. The standard InChI is InChI=1S/C13H17FN2O/c1-9-6-10(7-9)15-8-13(17)16-12-5-3-2-4-11(12)14/h2-5,9-10,15H,6-8H2,1H3,(H,16,17). The average Bonchev–Trinajstić information content (AvgIpc) is 2.26. The molecule has 0 bridgehead atoms. The lowest BCUT2D eigenvalue weighted by atomic mass is 9.82. The SMILES string of the molecule is CC1CC(NCC(=O)Nc2ccccc2F)C1. The molecule has 1 aromatic rings. The van der Waals surface area contributed by atoms with Crippen LogP contribution in [0.2, 0.25) is 0 Å². The molecule has 1 aromatic carbocycles. The smallest absolute Gasteiger partial charge is 0.238 e. The summed E-state index contributed by atoms with van der Waals surface area (Å²) in [4.78, 5) is 11.6. The Morgan fingerprint density at radius 2 is 2.12 bits per heavy atom. The van der Waals surface area contributed by atoms with Gasteiger partial charge in [-0.2, -0.15) is 0 Å². The lowest BCUT2D eigenvalue weighted by molar-refractivity contribution is -0.115. The Bertz CT molecular complexity index is 402. The van der Waals surface area contributed by atoms with Crippen molar-refractivity contribution in [3.8, 4) is 0 Å². The molecular weight excluding hydrogens is 219 g/mol. The predicted octanol–water partition coefficient (Wildman–Crippen LogP) is 2.15. The van der Waals surface area contributed by atoms with Crippen LogP contribution in [0.1, 0.15) is 19.8 Å². The molecule has 0 unspecified atom stereocenters. The van der Waals surface area contributed by atoms with Gasteiger partial charge in [0, 0.05) is 6.04 Å². The third kappa shape index (κ3) is 3.27. The Morgan fingerprint density at radius 1 is 1.41 bits per heavy atom. The van der Waals surface area contributed by atoms with Crippen LogP contribution in [0.25, 0.3) is 0 Å². The van der Waals surface area contributed by atoms with Crippen LogP contribution in [-0.2, 0) is 4.79 Å². The summed E-state index contributed by atoms with van der Waals surface area (Å²) in [5.74, 6) is 0.148. The highest BCUT2D eigenvalue weighted by Crippen LogP contribution is 2.25. The average molecular weight is 236 g/mol. The summed E-state index contributed by atoms with van der Waals surface area (Å²) < 4.78 is 13.2. The van der Waals surface area contributed by atoms with E-state index in [0.717, 1.165) is 18.8 Å². The Balaban J connectivity index is 1.76. The van der Waals surface area contributed by atoms with Crippen molar-refractivity contribution in [3.63, 3.8) is 0 Å². The number of amides is 1. The maximum Gasteiger partial charge on any atom is 0.238 e. The van der Waals surface area contributed by atoms with Crippen molar-refractivity contribution in [2.45, 2.75) is 25.8 Å². The molecule has 92 valence electrons. The van der Waals surface area contributed by atoms with Crippen molar-refractivity contribution in [2.75, 3.05) is 11.9 Å². The molecule has 0 aliphatic heterocycles. The molecule has 0 heterocycles. The van der Waals surface area contributed by atoms with E-state index in [-0.39, 0.29) is 18.1 Å². The zero-order valence-electron chi connectivity index (χ0n) is 9.87. The van der Waals surface area contributed by atoms with Gasteiger partial charge in [0.15, 0.2) is 0 Å². The van der Waals surface area contributed by atoms with E-state index in [2.05, 4.69) is 17.6 Å². The van der Waals surface area contributed by atoms with E-state index >= 15 is 0 Å². The normalized spacial score (nSPS) is 22.9. The van der Waals surface area contributed by atoms with Crippen molar-refractivity contribution < 1.29 is 9.18 Å². The van der Waals surface area contributed by atoms with E-state index in [4.69, 9.17) is 0 Å². The fourth-order valence-electron chi connectivity index (χ4n) is 2.06. The number of hydrogen-bond donors (Lipinski definition) is 2. The van der Waals surface area contributed by atoms with Gasteiger partial charge in [0.05, 0.1) is 12.2 Å². The molecule has 4 heteroatoms. The van der Waals surface area contributed by atoms with Gasteiger partial charge in [-0.3, -0.25) is 4.79 Å². The highest BCUT2D eigenvalue weighted by Gasteiger charge is 2.25. The molecular formula is C13H17FN2O. The van der Waals surface area contributed by atoms with Gasteiger partial charge in [0.25, 0.3) is 0 Å². The molecule has 1 aliphatic carbocycles. The molecule has 2 rings (SSSR count). The Labute approximate surface area is 100 Å². The topological polar surface area (TPSA) is 41.1 Å². The first-order valence-electron chi connectivity index (χ1n) is 5.93. The van der Waals surface area contributed by atoms with Gasteiger partial charge in [0.2, 0.25) is 5.91 Å². The highest BCUT2D eigenvalue weighted by atomic mass is 19.1. The van der Waals surface area contributed by atoms with E-state index in [1.165, 1.54) is 6.07 Å². The third-order valence-electron chi connectivity index (χ3n) is 3.07. The van der Waals surface area contributed by atoms with Crippen molar-refractivity contribution in [2.24, 2.45) is 5.92 Å². The number of rotatable bonds is 4. The number of benzene rings is 1. The molecule has 0 spiro atoms. The minimum absolute atomic E-state index is 0.199. The summed E-state index contributed by atoms with van der Waals surface area (Å²) in [6.07, 6.45) is 2.24. The lowest BCUT2D eigenvalue weighted by Gasteiger charge is -2.33. The minimum Gasteiger partial charge on any atom is -0.322 e. The number of anilines is 1. The number of hydrogen-bond acceptors (Lipinski definition) is 2. The maximum absolute atomic E-state index is 13.2. The molecule has 0 aromatic heterocycles. The number of carbonyl (C=O) groups excluding carboxylic acids is 1. The lowest BCUT2D eigenvalue weighted by Crippen LogP contribution is -2.43. The molecule has 3 nitrogen and oxygen atoms in total. The minimum atomic E-state index is -0.405. The number of carbonyl (C=O) groups is 1. The first kappa shape index (κ1) is 12.0. The highest BCUT2D eigenvalue weighted by molar-refractivity contribution is 5.92. The second-order valence-corrected chi connectivity index (χ2v) is 4.68. The van der Waals surface area contributed by atoms with E-state index in [1.807, 2.05) is 0 Å². The van der Waals surface area contributed by atoms with Gasteiger partial charge in [0.1, 0.15) is 5.82 Å². The van der Waals surface area contributed by atoms with Crippen molar-refractivity contribution in [1.82, 2.24) is 5.32 Å². The second kappa shape index (κ2) is 5.27. The summed E-state index contributed by atoms with van der Waals surface area (Å²) in [6, 6.07) is 6.62. The van der Waals surface area contributed by atoms with Gasteiger partial charge in [-0.1, -0.05) is 19.1 Å². The van der Waals surface area contributed by atoms with Crippen LogP contribution in [-0.4, -0.2) is 18.5 Å². The van der Waals surface area contributed by atoms with E-state index < -0.39 is 5.82 Å². The van der Waals surface area contributed by atoms with Crippen LogP contribution in [0, 0.1) is 11.7 Å². The van der Waals surface area contributed by atoms with Crippen LogP contribution in [0.4, 0.5) is 10.1 Å². The fourth-order valence-corrected chi connectivity index (χ4v) is 2.06. The van der Waals surface area contributed by atoms with Crippen LogP contribution < -0.4 is 10.6 Å². The maximum atomic E-state index is 13.2. The molecule has 1 fully saturated rings. The van der Waals surface area contributed by atoms with Crippen LogP contribution in [0.3, 0.4) is 0 Å². The summed E-state index contributed by atoms with van der Waals surface area (Å²) in [5.41, 5.74) is 0.237. The predicted molar refractivity (Wildman–Crippen MR) is 65.2 cm³/mol. The van der Waals surface area contributed by atoms with Gasteiger partial charge in [-0.05, 0) is 30.9 Å². The quantitative estimate of drug-likeness (QED) is 0.841. The van der Waals surface area contributed by atoms with Crippen molar-refractivity contribution in [1.29, 1.82) is 0 Å². The Kier molecular flexibility index (Phi) is 3.74. The van der Waals surface area contributed by atoms with Crippen molar-refractivity contribution >= 4 is 11.6 Å². The largest absolute Gasteiger partial charge is 0.322 e. The van der Waals surface area contributed by atoms with Gasteiger partial charge < -0.3 is 10.6 Å². The van der Waals surface area contributed by atoms with E-state index in [0.29, 0.717) is 6.04 Å². The Hall–Kier alpha value is -1.42. The molecule has 0 atom stereocenters. The monoisotopic (exact) mass is 236 g/mol. The second-order valence-electron chi connectivity index (χ2n) is 4.68. The zero-order chi connectivity index (χ0) is 12.3. The van der Waals surface area contributed by atoms with E-state index in [9.17, 15) is 9.18 Å². The third-order valence-corrected chi connectivity index (χ3v) is 3.07. The zero-order valence-corrected chi connectivity index (χ0v) is 9.87. The molecule has 1 saturated carbocycles. The van der Waals surface area contributed by atoms with Gasteiger partial charge >= 0.3 is 0 Å². The van der Waals surface area contributed by atoms with Crippen LogP contribution in [0.5, 0.6) is 0 Å². The summed E-state index contributed by atoms with van der Waals surface area (Å²) >= 11 is 0. The molecule has 17 heavy (non-hydrogen) atoms. The van der Waals surface area contributed by atoms with Crippen LogP contribution in [0.15, 0.2) is 24.3 Å². The first-order chi connectivity index (χ1) is 8.15. The summed E-state index contributed by atoms with van der Waals surface area (Å²) in [6.45, 7) is 2.43. The Morgan fingerprint density at radius 3 is 2.76 bits per heavy atom. The molecule has 1 aliphatic rings. The summed E-state index contributed by atoms with van der Waals surface area (Å²) in [5, 5.41) is 5.70. The van der Waals surface area contributed by atoms with Crippen molar-refractivity contribution in [3.05, 3.63) is 30.1 Å². The molecule has 0 saturated heterocycles. The first-order valence-corrected chi connectivity index (χ1v) is 5.93. The number of para-hydroxylation sites is 1. The summed E-state index contributed by atoms with van der Waals surface area (Å²) in [7, 11) is 0. The molecule has 2 N–H and O–H groups in total. The number of nitrogens with one attached hydrogen (secondary N) is 2. The fraction of sp³-hybridized carbons (Fsp3) is 0.462.